The summed E-state index contributed by atoms with van der Waals surface area (Å²) in [5.74, 6) is 1.70. The van der Waals surface area contributed by atoms with Crippen LogP contribution < -0.4 is 5.73 Å². The Hall–Kier alpha value is -0.820. The molecule has 0 saturated heterocycles. The van der Waals surface area contributed by atoms with Gasteiger partial charge in [0.1, 0.15) is 0 Å². The molecule has 1 nitrogen and oxygen atoms in total. The molecular weight excluding hydrogens is 230 g/mol. The molecule has 0 aliphatic heterocycles. The van der Waals surface area contributed by atoms with E-state index < -0.39 is 0 Å². The Balaban J connectivity index is 2.02. The fourth-order valence-electron chi connectivity index (χ4n) is 3.64. The van der Waals surface area contributed by atoms with Gasteiger partial charge in [0.25, 0.3) is 0 Å². The van der Waals surface area contributed by atoms with E-state index in [4.69, 9.17) is 5.73 Å². The lowest BCUT2D eigenvalue weighted by molar-refractivity contribution is 0.194. The Morgan fingerprint density at radius 1 is 1.11 bits per heavy atom. The minimum atomic E-state index is 0.0334. The van der Waals surface area contributed by atoms with Crippen LogP contribution >= 0.6 is 0 Å². The Labute approximate surface area is 118 Å². The molecule has 1 aliphatic rings. The summed E-state index contributed by atoms with van der Waals surface area (Å²) in [5, 5.41) is 0. The third-order valence-electron chi connectivity index (χ3n) is 4.81. The van der Waals surface area contributed by atoms with Gasteiger partial charge in [-0.1, -0.05) is 43.2 Å². The van der Waals surface area contributed by atoms with Crippen LogP contribution in [0, 0.1) is 25.7 Å². The van der Waals surface area contributed by atoms with Crippen molar-refractivity contribution in [1.82, 2.24) is 0 Å². The molecule has 2 rings (SSSR count). The predicted octanol–water partition coefficient (Wildman–Crippen LogP) is 4.39. The quantitative estimate of drug-likeness (QED) is 0.856. The molecule has 1 saturated carbocycles. The lowest BCUT2D eigenvalue weighted by Gasteiger charge is -2.39. The fraction of sp³-hybridized carbons (Fsp3) is 0.667. The molecular formula is C18H29N. The predicted molar refractivity (Wildman–Crippen MR) is 83.3 cm³/mol. The zero-order valence-corrected chi connectivity index (χ0v) is 13.0. The highest BCUT2D eigenvalue weighted by Gasteiger charge is 2.32. The first-order chi connectivity index (χ1) is 8.88. The SMILES string of the molecule is Cc1cc(C)cc(CC2(N)CCC(C(C)C)CC2)c1. The largest absolute Gasteiger partial charge is 0.325 e. The van der Waals surface area contributed by atoms with Gasteiger partial charge in [-0.3, -0.25) is 0 Å². The van der Waals surface area contributed by atoms with E-state index in [9.17, 15) is 0 Å². The Bertz CT molecular complexity index is 405. The molecule has 0 heterocycles. The van der Waals surface area contributed by atoms with Crippen molar-refractivity contribution in [3.8, 4) is 0 Å². The number of hydrogen-bond acceptors (Lipinski definition) is 1. The van der Waals surface area contributed by atoms with Gasteiger partial charge < -0.3 is 5.73 Å². The molecule has 0 bridgehead atoms. The van der Waals surface area contributed by atoms with Crippen LogP contribution in [0.3, 0.4) is 0 Å². The summed E-state index contributed by atoms with van der Waals surface area (Å²) in [6, 6.07) is 6.84. The number of rotatable bonds is 3. The van der Waals surface area contributed by atoms with Crippen molar-refractivity contribution >= 4 is 0 Å². The van der Waals surface area contributed by atoms with Gasteiger partial charge in [-0.2, -0.15) is 0 Å². The number of nitrogens with two attached hydrogens (primary N) is 1. The van der Waals surface area contributed by atoms with Gasteiger partial charge in [-0.25, -0.2) is 0 Å². The van der Waals surface area contributed by atoms with Crippen molar-refractivity contribution in [3.05, 3.63) is 34.9 Å². The maximum Gasteiger partial charge on any atom is 0.0195 e. The van der Waals surface area contributed by atoms with E-state index in [1.54, 1.807) is 0 Å². The Morgan fingerprint density at radius 2 is 1.63 bits per heavy atom. The summed E-state index contributed by atoms with van der Waals surface area (Å²) < 4.78 is 0. The minimum absolute atomic E-state index is 0.0334. The average Bonchev–Trinajstić information content (AvgIpc) is 2.27. The fourth-order valence-corrected chi connectivity index (χ4v) is 3.64. The van der Waals surface area contributed by atoms with E-state index in [0.717, 1.165) is 18.3 Å². The van der Waals surface area contributed by atoms with Crippen LogP contribution in [0.4, 0.5) is 0 Å². The van der Waals surface area contributed by atoms with E-state index in [-0.39, 0.29) is 5.54 Å². The van der Waals surface area contributed by atoms with Gasteiger partial charge in [0.05, 0.1) is 0 Å². The molecule has 1 aromatic carbocycles. The van der Waals surface area contributed by atoms with Gasteiger partial charge >= 0.3 is 0 Å². The van der Waals surface area contributed by atoms with Crippen molar-refractivity contribution in [2.24, 2.45) is 17.6 Å². The van der Waals surface area contributed by atoms with E-state index in [2.05, 4.69) is 45.9 Å². The highest BCUT2D eigenvalue weighted by Crippen LogP contribution is 2.36. The monoisotopic (exact) mass is 259 g/mol. The highest BCUT2D eigenvalue weighted by molar-refractivity contribution is 5.29. The van der Waals surface area contributed by atoms with Crippen LogP contribution in [0.15, 0.2) is 18.2 Å². The van der Waals surface area contributed by atoms with E-state index in [1.165, 1.54) is 42.4 Å². The average molecular weight is 259 g/mol. The molecule has 0 aromatic heterocycles. The summed E-state index contributed by atoms with van der Waals surface area (Å²) in [6.45, 7) is 9.04. The Kier molecular flexibility index (Phi) is 4.35. The second-order valence-corrected chi connectivity index (χ2v) is 7.12. The molecule has 1 fully saturated rings. The second kappa shape index (κ2) is 5.66. The molecule has 1 aliphatic carbocycles. The van der Waals surface area contributed by atoms with Gasteiger partial charge in [0.2, 0.25) is 0 Å². The van der Waals surface area contributed by atoms with Crippen molar-refractivity contribution in [3.63, 3.8) is 0 Å². The first kappa shape index (κ1) is 14.6. The summed E-state index contributed by atoms with van der Waals surface area (Å²) >= 11 is 0. The molecule has 0 amide bonds. The van der Waals surface area contributed by atoms with Crippen LogP contribution in [-0.2, 0) is 6.42 Å². The standard InChI is InChI=1S/C18H29N/c1-13(2)17-5-7-18(19,8-6-17)12-16-10-14(3)9-15(4)11-16/h9-11,13,17H,5-8,12,19H2,1-4H3. The first-order valence-corrected chi connectivity index (χ1v) is 7.74. The molecule has 0 spiro atoms. The normalized spacial score (nSPS) is 27.8. The van der Waals surface area contributed by atoms with Crippen LogP contribution in [0.5, 0.6) is 0 Å². The molecule has 0 atom stereocenters. The molecule has 1 heteroatoms. The Morgan fingerprint density at radius 3 is 2.11 bits per heavy atom. The lowest BCUT2D eigenvalue weighted by Crippen LogP contribution is -2.45. The first-order valence-electron chi connectivity index (χ1n) is 7.74. The molecule has 0 radical (unpaired) electrons. The number of benzene rings is 1. The van der Waals surface area contributed by atoms with Crippen molar-refractivity contribution in [2.45, 2.75) is 65.3 Å². The number of hydrogen-bond donors (Lipinski definition) is 1. The zero-order valence-electron chi connectivity index (χ0n) is 13.0. The van der Waals surface area contributed by atoms with Crippen LogP contribution in [0.1, 0.15) is 56.2 Å². The molecule has 1 aromatic rings. The number of aryl methyl sites for hydroxylation is 2. The van der Waals surface area contributed by atoms with Crippen LogP contribution in [-0.4, -0.2) is 5.54 Å². The van der Waals surface area contributed by atoms with E-state index in [1.807, 2.05) is 0 Å². The van der Waals surface area contributed by atoms with Crippen molar-refractivity contribution < 1.29 is 0 Å². The highest BCUT2D eigenvalue weighted by atomic mass is 14.7. The van der Waals surface area contributed by atoms with E-state index >= 15 is 0 Å². The van der Waals surface area contributed by atoms with Gasteiger partial charge in [0.15, 0.2) is 0 Å². The smallest absolute Gasteiger partial charge is 0.0195 e. The summed E-state index contributed by atoms with van der Waals surface area (Å²) in [7, 11) is 0. The molecule has 0 unspecified atom stereocenters. The van der Waals surface area contributed by atoms with Gasteiger partial charge in [0, 0.05) is 5.54 Å². The summed E-state index contributed by atoms with van der Waals surface area (Å²) in [4.78, 5) is 0. The van der Waals surface area contributed by atoms with Crippen molar-refractivity contribution in [1.29, 1.82) is 0 Å². The van der Waals surface area contributed by atoms with E-state index in [0.29, 0.717) is 0 Å². The molecule has 106 valence electrons. The van der Waals surface area contributed by atoms with Gasteiger partial charge in [-0.05, 0) is 63.4 Å². The summed E-state index contributed by atoms with van der Waals surface area (Å²) in [5.41, 5.74) is 10.8. The van der Waals surface area contributed by atoms with Crippen molar-refractivity contribution in [2.75, 3.05) is 0 Å². The molecule has 19 heavy (non-hydrogen) atoms. The maximum absolute atomic E-state index is 6.65. The minimum Gasteiger partial charge on any atom is -0.325 e. The van der Waals surface area contributed by atoms with Crippen LogP contribution in [0.25, 0.3) is 0 Å². The zero-order chi connectivity index (χ0) is 14.0. The topological polar surface area (TPSA) is 26.0 Å². The van der Waals surface area contributed by atoms with Gasteiger partial charge in [-0.15, -0.1) is 0 Å². The molecule has 2 N–H and O–H groups in total. The second-order valence-electron chi connectivity index (χ2n) is 7.12. The lowest BCUT2D eigenvalue weighted by atomic mass is 9.71. The third kappa shape index (κ3) is 3.82. The maximum atomic E-state index is 6.65. The summed E-state index contributed by atoms with van der Waals surface area (Å²) in [6.07, 6.45) is 6.02. The van der Waals surface area contributed by atoms with Crippen LogP contribution in [0.2, 0.25) is 0 Å². The third-order valence-corrected chi connectivity index (χ3v) is 4.81.